The first kappa shape index (κ1) is 15.6. The van der Waals surface area contributed by atoms with Crippen molar-refractivity contribution in [3.05, 3.63) is 34.9 Å². The number of hydrogen-bond donors (Lipinski definition) is 2. The smallest absolute Gasteiger partial charge is 0.318 e. The topological polar surface area (TPSA) is 69.6 Å². The molecule has 1 aliphatic rings. The molecule has 0 radical (unpaired) electrons. The van der Waals surface area contributed by atoms with Crippen molar-refractivity contribution in [3.8, 4) is 0 Å². The van der Waals surface area contributed by atoms with E-state index in [4.69, 9.17) is 16.7 Å². The number of urea groups is 1. The van der Waals surface area contributed by atoms with Gasteiger partial charge < -0.3 is 15.3 Å². The fraction of sp³-hybridized carbons (Fsp3) is 0.467. The van der Waals surface area contributed by atoms with E-state index in [2.05, 4.69) is 5.32 Å². The highest BCUT2D eigenvalue weighted by Gasteiger charge is 2.38. The zero-order chi connectivity index (χ0) is 15.6. The number of carboxylic acids is 1. The molecule has 0 spiro atoms. The maximum atomic E-state index is 12.3. The van der Waals surface area contributed by atoms with Gasteiger partial charge in [-0.2, -0.15) is 0 Å². The minimum atomic E-state index is -0.847. The minimum Gasteiger partial charge on any atom is -0.481 e. The van der Waals surface area contributed by atoms with Gasteiger partial charge in [0.1, 0.15) is 0 Å². The average Bonchev–Trinajstić information content (AvgIpc) is 2.80. The molecule has 0 saturated carbocycles. The van der Waals surface area contributed by atoms with Crippen molar-refractivity contribution in [1.29, 1.82) is 0 Å². The number of carboxylic acid groups (broad SMARTS) is 1. The summed E-state index contributed by atoms with van der Waals surface area (Å²) in [5.74, 6) is -1.34. The molecule has 1 aromatic carbocycles. The quantitative estimate of drug-likeness (QED) is 0.902. The minimum absolute atomic E-state index is 0.188. The number of amides is 2. The number of carbonyl (C=O) groups excluding carboxylic acids is 1. The number of likely N-dealkylation sites (tertiary alicyclic amines) is 1. The molecule has 6 heteroatoms. The predicted molar refractivity (Wildman–Crippen MR) is 80.3 cm³/mol. The molecule has 0 aliphatic carbocycles. The van der Waals surface area contributed by atoms with Crippen molar-refractivity contribution in [1.82, 2.24) is 10.2 Å². The Hall–Kier alpha value is -1.75. The Morgan fingerprint density at radius 3 is 2.76 bits per heavy atom. The van der Waals surface area contributed by atoms with Crippen LogP contribution in [0.25, 0.3) is 0 Å². The molecular formula is C15H19ClN2O3. The number of rotatable bonds is 3. The molecule has 0 aromatic heterocycles. The van der Waals surface area contributed by atoms with Crippen LogP contribution in [0.5, 0.6) is 0 Å². The fourth-order valence-corrected chi connectivity index (χ4v) is 2.88. The second-order valence-corrected chi connectivity index (χ2v) is 5.83. The van der Waals surface area contributed by atoms with Gasteiger partial charge in [-0.25, -0.2) is 4.79 Å². The van der Waals surface area contributed by atoms with E-state index >= 15 is 0 Å². The van der Waals surface area contributed by atoms with E-state index in [0.29, 0.717) is 18.0 Å². The lowest BCUT2D eigenvalue weighted by Gasteiger charge is -2.26. The van der Waals surface area contributed by atoms with E-state index < -0.39 is 11.9 Å². The van der Waals surface area contributed by atoms with Crippen molar-refractivity contribution in [2.45, 2.75) is 32.4 Å². The van der Waals surface area contributed by atoms with E-state index in [1.807, 2.05) is 19.1 Å². The van der Waals surface area contributed by atoms with Crippen LogP contribution in [-0.4, -0.2) is 34.6 Å². The third-order valence-corrected chi connectivity index (χ3v) is 4.26. The zero-order valence-electron chi connectivity index (χ0n) is 12.0. The van der Waals surface area contributed by atoms with Gasteiger partial charge in [-0.1, -0.05) is 23.7 Å². The highest BCUT2D eigenvalue weighted by atomic mass is 35.5. The van der Waals surface area contributed by atoms with Crippen molar-refractivity contribution < 1.29 is 14.7 Å². The third kappa shape index (κ3) is 3.47. The summed E-state index contributed by atoms with van der Waals surface area (Å²) < 4.78 is 0. The number of nitrogens with one attached hydrogen (secondary N) is 1. The maximum Gasteiger partial charge on any atom is 0.318 e. The molecule has 2 rings (SSSR count). The molecule has 3 atom stereocenters. The zero-order valence-corrected chi connectivity index (χ0v) is 12.8. The van der Waals surface area contributed by atoms with Gasteiger partial charge in [0.05, 0.1) is 12.0 Å². The molecule has 21 heavy (non-hydrogen) atoms. The van der Waals surface area contributed by atoms with E-state index in [1.165, 1.54) is 0 Å². The summed E-state index contributed by atoms with van der Waals surface area (Å²) >= 11 is 5.94. The van der Waals surface area contributed by atoms with E-state index in [-0.39, 0.29) is 18.1 Å². The lowest BCUT2D eigenvalue weighted by Crippen LogP contribution is -2.44. The Morgan fingerprint density at radius 2 is 2.19 bits per heavy atom. The molecule has 2 amide bonds. The fourth-order valence-electron chi connectivity index (χ4n) is 2.68. The van der Waals surface area contributed by atoms with E-state index in [0.717, 1.165) is 5.56 Å². The molecule has 1 saturated heterocycles. The summed E-state index contributed by atoms with van der Waals surface area (Å²) in [5.41, 5.74) is 0.914. The van der Waals surface area contributed by atoms with Gasteiger partial charge in [0, 0.05) is 17.6 Å². The molecular weight excluding hydrogens is 292 g/mol. The summed E-state index contributed by atoms with van der Waals surface area (Å²) in [5, 5.41) is 12.6. The van der Waals surface area contributed by atoms with Crippen molar-refractivity contribution in [2.75, 3.05) is 6.54 Å². The summed E-state index contributed by atoms with van der Waals surface area (Å²) in [7, 11) is 0. The molecule has 1 aromatic rings. The lowest BCUT2D eigenvalue weighted by molar-refractivity contribution is -0.142. The Morgan fingerprint density at radius 1 is 1.48 bits per heavy atom. The SMILES string of the molecule is CC(NC(=O)N1CCC(C(=O)O)C1C)c1cccc(Cl)c1. The van der Waals surface area contributed by atoms with Crippen LogP contribution in [0, 0.1) is 5.92 Å². The van der Waals surface area contributed by atoms with Crippen LogP contribution in [0.4, 0.5) is 4.79 Å². The molecule has 3 unspecified atom stereocenters. The second kappa shape index (κ2) is 6.35. The summed E-state index contributed by atoms with van der Waals surface area (Å²) in [4.78, 5) is 25.0. The van der Waals surface area contributed by atoms with Gasteiger partial charge in [0.25, 0.3) is 0 Å². The highest BCUT2D eigenvalue weighted by molar-refractivity contribution is 6.30. The van der Waals surface area contributed by atoms with Gasteiger partial charge >= 0.3 is 12.0 Å². The first-order chi connectivity index (χ1) is 9.90. The van der Waals surface area contributed by atoms with Crippen molar-refractivity contribution >= 4 is 23.6 Å². The van der Waals surface area contributed by atoms with Crippen LogP contribution in [-0.2, 0) is 4.79 Å². The van der Waals surface area contributed by atoms with E-state index in [9.17, 15) is 9.59 Å². The second-order valence-electron chi connectivity index (χ2n) is 5.39. The third-order valence-electron chi connectivity index (χ3n) is 4.02. The number of halogens is 1. The van der Waals surface area contributed by atoms with Crippen molar-refractivity contribution in [3.63, 3.8) is 0 Å². The van der Waals surface area contributed by atoms with Gasteiger partial charge in [0.15, 0.2) is 0 Å². The summed E-state index contributed by atoms with van der Waals surface area (Å²) in [6.07, 6.45) is 0.496. The predicted octanol–water partition coefficient (Wildman–Crippen LogP) is 2.91. The normalized spacial score (nSPS) is 22.9. The summed E-state index contributed by atoms with van der Waals surface area (Å²) in [6, 6.07) is 6.59. The molecule has 1 fully saturated rings. The van der Waals surface area contributed by atoms with Crippen LogP contribution in [0.3, 0.4) is 0 Å². The summed E-state index contributed by atoms with van der Waals surface area (Å²) in [6.45, 7) is 4.11. The monoisotopic (exact) mass is 310 g/mol. The molecule has 2 N–H and O–H groups in total. The first-order valence-corrected chi connectivity index (χ1v) is 7.33. The first-order valence-electron chi connectivity index (χ1n) is 6.95. The van der Waals surface area contributed by atoms with Gasteiger partial charge in [-0.15, -0.1) is 0 Å². The molecule has 114 valence electrons. The number of carbonyl (C=O) groups is 2. The number of nitrogens with zero attached hydrogens (tertiary/aromatic N) is 1. The molecule has 0 bridgehead atoms. The standard InChI is InChI=1S/C15H19ClN2O3/c1-9(11-4-3-5-12(16)8-11)17-15(21)18-7-6-13(10(18)2)14(19)20/h3-5,8-10,13H,6-7H2,1-2H3,(H,17,21)(H,19,20). The Kier molecular flexibility index (Phi) is 4.73. The van der Waals surface area contributed by atoms with Gasteiger partial charge in [0.2, 0.25) is 0 Å². The highest BCUT2D eigenvalue weighted by Crippen LogP contribution is 2.25. The maximum absolute atomic E-state index is 12.3. The van der Waals surface area contributed by atoms with Crippen molar-refractivity contribution in [2.24, 2.45) is 5.92 Å². The average molecular weight is 311 g/mol. The number of hydrogen-bond acceptors (Lipinski definition) is 2. The Labute approximate surface area is 128 Å². The van der Waals surface area contributed by atoms with E-state index in [1.54, 1.807) is 24.0 Å². The molecule has 5 nitrogen and oxygen atoms in total. The van der Waals surface area contributed by atoms with Crippen LogP contribution in [0.2, 0.25) is 5.02 Å². The molecule has 1 heterocycles. The van der Waals surface area contributed by atoms with Crippen LogP contribution >= 0.6 is 11.6 Å². The van der Waals surface area contributed by atoms with Gasteiger partial charge in [-0.3, -0.25) is 4.79 Å². The van der Waals surface area contributed by atoms with Crippen LogP contribution < -0.4 is 5.32 Å². The number of benzene rings is 1. The Balaban J connectivity index is 2.00. The largest absolute Gasteiger partial charge is 0.481 e. The Bertz CT molecular complexity index is 549. The lowest BCUT2D eigenvalue weighted by atomic mass is 10.0. The van der Waals surface area contributed by atoms with Gasteiger partial charge in [-0.05, 0) is 38.0 Å². The molecule has 1 aliphatic heterocycles. The number of aliphatic carboxylic acids is 1. The van der Waals surface area contributed by atoms with Crippen LogP contribution in [0.15, 0.2) is 24.3 Å². The van der Waals surface area contributed by atoms with Crippen LogP contribution in [0.1, 0.15) is 31.9 Å².